The van der Waals surface area contributed by atoms with E-state index in [9.17, 15) is 9.59 Å². The molecule has 0 N–H and O–H groups in total. The minimum Gasteiger partial charge on any atom is -0.497 e. The van der Waals surface area contributed by atoms with Gasteiger partial charge in [0.25, 0.3) is 0 Å². The van der Waals surface area contributed by atoms with Crippen LogP contribution in [0.3, 0.4) is 0 Å². The summed E-state index contributed by atoms with van der Waals surface area (Å²) in [6.45, 7) is 4.28. The first-order valence-electron chi connectivity index (χ1n) is 10.2. The van der Waals surface area contributed by atoms with Gasteiger partial charge in [0.2, 0.25) is 11.8 Å². The van der Waals surface area contributed by atoms with Crippen molar-refractivity contribution < 1.29 is 14.3 Å². The number of carbonyl (C=O) groups is 2. The third-order valence-electron chi connectivity index (χ3n) is 5.85. The molecule has 1 aromatic carbocycles. The summed E-state index contributed by atoms with van der Waals surface area (Å²) in [5, 5.41) is 8.79. The first kappa shape index (κ1) is 19.4. The Balaban J connectivity index is 1.45. The van der Waals surface area contributed by atoms with Crippen molar-refractivity contribution in [1.82, 2.24) is 24.6 Å². The van der Waals surface area contributed by atoms with E-state index in [0.717, 1.165) is 42.3 Å². The molecule has 0 saturated carbocycles. The Bertz CT molecular complexity index is 909. The molecule has 0 aliphatic carbocycles. The first-order valence-corrected chi connectivity index (χ1v) is 10.2. The highest BCUT2D eigenvalue weighted by atomic mass is 16.5. The Hall–Kier alpha value is -2.90. The fraction of sp³-hybridized carbons (Fsp3) is 0.524. The molecule has 8 nitrogen and oxygen atoms in total. The van der Waals surface area contributed by atoms with Crippen molar-refractivity contribution >= 4 is 11.8 Å². The molecule has 2 aromatic rings. The van der Waals surface area contributed by atoms with Crippen LogP contribution in [0.5, 0.6) is 5.75 Å². The maximum atomic E-state index is 12.9. The van der Waals surface area contributed by atoms with Crippen LogP contribution in [0.4, 0.5) is 0 Å². The summed E-state index contributed by atoms with van der Waals surface area (Å²) < 4.78 is 7.37. The number of aromatic nitrogens is 3. The summed E-state index contributed by atoms with van der Waals surface area (Å²) >= 11 is 0. The fourth-order valence-electron chi connectivity index (χ4n) is 4.32. The molecule has 154 valence electrons. The zero-order valence-corrected chi connectivity index (χ0v) is 17.0. The third-order valence-corrected chi connectivity index (χ3v) is 5.85. The van der Waals surface area contributed by atoms with Crippen LogP contribution < -0.4 is 4.74 Å². The number of hydrogen-bond donors (Lipinski definition) is 0. The summed E-state index contributed by atoms with van der Waals surface area (Å²) in [5.41, 5.74) is 0.946. The number of amides is 2. The van der Waals surface area contributed by atoms with Crippen LogP contribution in [0.15, 0.2) is 24.3 Å². The van der Waals surface area contributed by atoms with E-state index in [4.69, 9.17) is 4.74 Å². The van der Waals surface area contributed by atoms with Crippen LogP contribution in [0, 0.1) is 0 Å². The van der Waals surface area contributed by atoms with Gasteiger partial charge in [-0.15, -0.1) is 10.2 Å². The summed E-state index contributed by atoms with van der Waals surface area (Å²) in [6, 6.07) is 7.62. The number of hydrogen-bond acceptors (Lipinski definition) is 5. The van der Waals surface area contributed by atoms with Gasteiger partial charge in [0.15, 0.2) is 5.82 Å². The molecule has 0 radical (unpaired) electrons. The van der Waals surface area contributed by atoms with Crippen molar-refractivity contribution in [3.05, 3.63) is 41.5 Å². The largest absolute Gasteiger partial charge is 0.497 e. The third kappa shape index (κ3) is 3.97. The van der Waals surface area contributed by atoms with Crippen molar-refractivity contribution in [3.63, 3.8) is 0 Å². The molecular weight excluding hydrogens is 370 g/mol. The minimum atomic E-state index is -0.00668. The van der Waals surface area contributed by atoms with Gasteiger partial charge in [-0.05, 0) is 30.5 Å². The lowest BCUT2D eigenvalue weighted by Crippen LogP contribution is -2.35. The lowest BCUT2D eigenvalue weighted by Gasteiger charge is -2.24. The number of fused-ring (bicyclic) bond motifs is 1. The Morgan fingerprint density at radius 3 is 2.83 bits per heavy atom. The number of ether oxygens (including phenoxy) is 1. The van der Waals surface area contributed by atoms with Gasteiger partial charge in [-0.2, -0.15) is 0 Å². The first-order chi connectivity index (χ1) is 14.1. The second-order valence-electron chi connectivity index (χ2n) is 7.66. The lowest BCUT2D eigenvalue weighted by atomic mass is 10.1. The molecule has 2 amide bonds. The van der Waals surface area contributed by atoms with Gasteiger partial charge >= 0.3 is 0 Å². The van der Waals surface area contributed by atoms with Crippen LogP contribution in [0.25, 0.3) is 0 Å². The normalized spacial score (nSPS) is 19.0. The van der Waals surface area contributed by atoms with E-state index in [1.54, 1.807) is 14.0 Å². The van der Waals surface area contributed by atoms with E-state index in [-0.39, 0.29) is 17.9 Å². The maximum absolute atomic E-state index is 12.9. The van der Waals surface area contributed by atoms with Crippen LogP contribution in [0.1, 0.15) is 43.0 Å². The molecule has 0 unspecified atom stereocenters. The average molecular weight is 397 g/mol. The standard InChI is InChI=1S/C21H27N5O3/c1-15(27)25-9-4-7-18(25)21-23-22-19-8-10-24(11-12-26(19)21)20(28)14-16-5-3-6-17(13-16)29-2/h3,5-6,13,18H,4,7-12,14H2,1-2H3/t18-/m0/s1. The van der Waals surface area contributed by atoms with Crippen LogP contribution in [0.2, 0.25) is 0 Å². The van der Waals surface area contributed by atoms with Crippen molar-refractivity contribution in [2.45, 2.75) is 45.2 Å². The van der Waals surface area contributed by atoms with Crippen molar-refractivity contribution in [2.24, 2.45) is 0 Å². The topological polar surface area (TPSA) is 80.6 Å². The highest BCUT2D eigenvalue weighted by Gasteiger charge is 2.33. The summed E-state index contributed by atoms with van der Waals surface area (Å²) in [4.78, 5) is 28.6. The second kappa shape index (κ2) is 8.23. The summed E-state index contributed by atoms with van der Waals surface area (Å²) in [5.74, 6) is 2.69. The summed E-state index contributed by atoms with van der Waals surface area (Å²) in [6.07, 6.45) is 2.92. The Morgan fingerprint density at radius 2 is 2.03 bits per heavy atom. The number of methoxy groups -OCH3 is 1. The van der Waals surface area contributed by atoms with Gasteiger partial charge in [-0.25, -0.2) is 0 Å². The molecule has 0 bridgehead atoms. The van der Waals surface area contributed by atoms with Crippen molar-refractivity contribution in [2.75, 3.05) is 26.7 Å². The van der Waals surface area contributed by atoms with Gasteiger partial charge in [0.1, 0.15) is 11.6 Å². The number of rotatable bonds is 4. The van der Waals surface area contributed by atoms with E-state index in [1.165, 1.54) is 0 Å². The van der Waals surface area contributed by atoms with Gasteiger partial charge in [-0.1, -0.05) is 12.1 Å². The van der Waals surface area contributed by atoms with Gasteiger partial charge in [0, 0.05) is 39.5 Å². The molecule has 4 rings (SSSR count). The Labute approximate surface area is 170 Å². The number of carbonyl (C=O) groups excluding carboxylic acids is 2. The second-order valence-corrected chi connectivity index (χ2v) is 7.66. The van der Waals surface area contributed by atoms with E-state index in [2.05, 4.69) is 14.8 Å². The van der Waals surface area contributed by atoms with E-state index in [0.29, 0.717) is 32.5 Å². The Kier molecular flexibility index (Phi) is 5.51. The molecule has 0 spiro atoms. The molecule has 29 heavy (non-hydrogen) atoms. The predicted octanol–water partition coefficient (Wildman–Crippen LogP) is 1.60. The quantitative estimate of drug-likeness (QED) is 0.783. The van der Waals surface area contributed by atoms with E-state index >= 15 is 0 Å². The van der Waals surface area contributed by atoms with E-state index in [1.807, 2.05) is 34.1 Å². The number of benzene rings is 1. The molecule has 2 aliphatic heterocycles. The highest BCUT2D eigenvalue weighted by molar-refractivity contribution is 5.79. The van der Waals surface area contributed by atoms with Gasteiger partial charge in [-0.3, -0.25) is 9.59 Å². The smallest absolute Gasteiger partial charge is 0.227 e. The van der Waals surface area contributed by atoms with Crippen LogP contribution in [-0.2, 0) is 29.0 Å². The summed E-state index contributed by atoms with van der Waals surface area (Å²) in [7, 11) is 1.63. The number of likely N-dealkylation sites (tertiary alicyclic amines) is 1. The molecule has 1 saturated heterocycles. The fourth-order valence-corrected chi connectivity index (χ4v) is 4.32. The Morgan fingerprint density at radius 1 is 1.17 bits per heavy atom. The molecule has 1 fully saturated rings. The monoisotopic (exact) mass is 397 g/mol. The lowest BCUT2D eigenvalue weighted by molar-refractivity contribution is -0.130. The molecule has 8 heteroatoms. The zero-order valence-electron chi connectivity index (χ0n) is 17.0. The van der Waals surface area contributed by atoms with Crippen molar-refractivity contribution in [1.29, 1.82) is 0 Å². The predicted molar refractivity (Wildman–Crippen MR) is 106 cm³/mol. The van der Waals surface area contributed by atoms with Gasteiger partial charge in [0.05, 0.1) is 19.6 Å². The van der Waals surface area contributed by atoms with Crippen LogP contribution >= 0.6 is 0 Å². The maximum Gasteiger partial charge on any atom is 0.227 e. The van der Waals surface area contributed by atoms with Crippen molar-refractivity contribution in [3.8, 4) is 5.75 Å². The molecule has 2 aliphatic rings. The van der Waals surface area contributed by atoms with Gasteiger partial charge < -0.3 is 19.1 Å². The van der Waals surface area contributed by atoms with Crippen LogP contribution in [-0.4, -0.2) is 63.1 Å². The SMILES string of the molecule is COc1cccc(CC(=O)N2CCc3nnc([C@@H]4CCCN4C(C)=O)n3CC2)c1. The minimum absolute atomic E-state index is 0.00668. The zero-order chi connectivity index (χ0) is 20.4. The van der Waals surface area contributed by atoms with E-state index < -0.39 is 0 Å². The molecular formula is C21H27N5O3. The molecule has 1 aromatic heterocycles. The average Bonchev–Trinajstić information content (AvgIpc) is 3.30. The molecule has 3 heterocycles. The number of nitrogens with zero attached hydrogens (tertiary/aromatic N) is 5. The molecule has 1 atom stereocenters. The highest BCUT2D eigenvalue weighted by Crippen LogP contribution is 2.31.